The summed E-state index contributed by atoms with van der Waals surface area (Å²) in [6.45, 7) is 0. The Labute approximate surface area is 122 Å². The second-order valence-electron chi connectivity index (χ2n) is 3.95. The topological polar surface area (TPSA) is 53.5 Å². The second-order valence-corrected chi connectivity index (χ2v) is 4.39. The first-order chi connectivity index (χ1) is 9.69. The van der Waals surface area contributed by atoms with Crippen molar-refractivity contribution < 1.29 is 14.2 Å². The highest BCUT2D eigenvalue weighted by Gasteiger charge is 2.14. The molecule has 0 spiro atoms. The lowest BCUT2D eigenvalue weighted by Crippen LogP contribution is -2.07. The molecule has 0 saturated carbocycles. The lowest BCUT2D eigenvalue weighted by atomic mass is 10.2. The molecule has 0 aliphatic rings. The van der Waals surface area contributed by atoms with Gasteiger partial charge in [0.15, 0.2) is 5.82 Å². The van der Waals surface area contributed by atoms with Gasteiger partial charge in [0.2, 0.25) is 6.29 Å². The molecule has 0 N–H and O–H groups in total. The van der Waals surface area contributed by atoms with Crippen molar-refractivity contribution in [1.29, 1.82) is 0 Å². The van der Waals surface area contributed by atoms with Crippen LogP contribution in [0.2, 0.25) is 5.02 Å². The SMILES string of the molecule is COc1cc(Cl)ccc1-c1nccc(C(OC)OC)n1. The van der Waals surface area contributed by atoms with Crippen LogP contribution in [0.3, 0.4) is 0 Å². The third-order valence-electron chi connectivity index (χ3n) is 2.75. The third kappa shape index (κ3) is 3.07. The molecule has 0 aliphatic heterocycles. The maximum atomic E-state index is 5.95. The van der Waals surface area contributed by atoms with E-state index in [1.165, 1.54) is 0 Å². The molecule has 0 aliphatic carbocycles. The zero-order valence-corrected chi connectivity index (χ0v) is 12.2. The van der Waals surface area contributed by atoms with Crippen LogP contribution in [-0.4, -0.2) is 31.3 Å². The Kier molecular flexibility index (Phi) is 4.89. The molecule has 1 heterocycles. The van der Waals surface area contributed by atoms with Crippen molar-refractivity contribution >= 4 is 11.6 Å². The van der Waals surface area contributed by atoms with Gasteiger partial charge in [-0.05, 0) is 24.3 Å². The number of rotatable bonds is 5. The molecule has 1 aromatic heterocycles. The van der Waals surface area contributed by atoms with Crippen molar-refractivity contribution in [1.82, 2.24) is 9.97 Å². The standard InChI is InChI=1S/C14H15ClN2O3/c1-18-12-8-9(15)4-5-10(12)13-16-7-6-11(17-13)14(19-2)20-3/h4-8,14H,1-3H3. The van der Waals surface area contributed by atoms with Gasteiger partial charge in [-0.1, -0.05) is 11.6 Å². The Balaban J connectivity index is 2.45. The summed E-state index contributed by atoms with van der Waals surface area (Å²) < 4.78 is 15.7. The van der Waals surface area contributed by atoms with Crippen molar-refractivity contribution in [2.75, 3.05) is 21.3 Å². The number of ether oxygens (including phenoxy) is 3. The summed E-state index contributed by atoms with van der Waals surface area (Å²) in [6.07, 6.45) is 1.12. The Morgan fingerprint density at radius 3 is 2.50 bits per heavy atom. The van der Waals surface area contributed by atoms with Gasteiger partial charge >= 0.3 is 0 Å². The van der Waals surface area contributed by atoms with Crippen LogP contribution in [0.1, 0.15) is 12.0 Å². The summed E-state index contributed by atoms with van der Waals surface area (Å²) in [5.74, 6) is 1.14. The molecule has 0 amide bonds. The number of benzene rings is 1. The largest absolute Gasteiger partial charge is 0.496 e. The first-order valence-corrected chi connectivity index (χ1v) is 6.29. The van der Waals surface area contributed by atoms with Crippen LogP contribution >= 0.6 is 11.6 Å². The zero-order chi connectivity index (χ0) is 14.5. The smallest absolute Gasteiger partial charge is 0.200 e. The van der Waals surface area contributed by atoms with Gasteiger partial charge in [-0.15, -0.1) is 0 Å². The number of aromatic nitrogens is 2. The predicted molar refractivity (Wildman–Crippen MR) is 75.8 cm³/mol. The lowest BCUT2D eigenvalue weighted by Gasteiger charge is -2.14. The highest BCUT2D eigenvalue weighted by molar-refractivity contribution is 6.30. The van der Waals surface area contributed by atoms with E-state index in [2.05, 4.69) is 9.97 Å². The maximum Gasteiger partial charge on any atom is 0.200 e. The molecule has 2 rings (SSSR count). The second kappa shape index (κ2) is 6.65. The van der Waals surface area contributed by atoms with E-state index in [9.17, 15) is 0 Å². The first-order valence-electron chi connectivity index (χ1n) is 5.92. The van der Waals surface area contributed by atoms with Crippen LogP contribution in [0.25, 0.3) is 11.4 Å². The molecule has 106 valence electrons. The molecule has 20 heavy (non-hydrogen) atoms. The van der Waals surface area contributed by atoms with E-state index in [0.717, 1.165) is 5.56 Å². The maximum absolute atomic E-state index is 5.95. The lowest BCUT2D eigenvalue weighted by molar-refractivity contribution is -0.108. The quantitative estimate of drug-likeness (QED) is 0.793. The summed E-state index contributed by atoms with van der Waals surface area (Å²) in [5.41, 5.74) is 1.39. The molecular weight excluding hydrogens is 280 g/mol. The number of hydrogen-bond acceptors (Lipinski definition) is 5. The van der Waals surface area contributed by atoms with Crippen molar-refractivity contribution in [3.05, 3.63) is 41.2 Å². The van der Waals surface area contributed by atoms with Gasteiger partial charge in [-0.25, -0.2) is 9.97 Å². The fraction of sp³-hybridized carbons (Fsp3) is 0.286. The van der Waals surface area contributed by atoms with Crippen molar-refractivity contribution in [3.63, 3.8) is 0 Å². The van der Waals surface area contributed by atoms with Gasteiger partial charge in [-0.3, -0.25) is 0 Å². The van der Waals surface area contributed by atoms with Gasteiger partial charge < -0.3 is 14.2 Å². The molecule has 0 unspecified atom stereocenters. The minimum Gasteiger partial charge on any atom is -0.496 e. The molecule has 0 bridgehead atoms. The molecule has 0 radical (unpaired) electrons. The van der Waals surface area contributed by atoms with Crippen molar-refractivity contribution in [3.8, 4) is 17.1 Å². The number of hydrogen-bond donors (Lipinski definition) is 0. The Morgan fingerprint density at radius 2 is 1.85 bits per heavy atom. The van der Waals surface area contributed by atoms with Gasteiger partial charge in [-0.2, -0.15) is 0 Å². The average molecular weight is 295 g/mol. The highest BCUT2D eigenvalue weighted by atomic mass is 35.5. The molecular formula is C14H15ClN2O3. The van der Waals surface area contributed by atoms with Crippen LogP contribution in [0.15, 0.2) is 30.5 Å². The Morgan fingerprint density at radius 1 is 1.10 bits per heavy atom. The average Bonchev–Trinajstić information content (AvgIpc) is 2.48. The molecule has 0 saturated heterocycles. The van der Waals surface area contributed by atoms with E-state index >= 15 is 0 Å². The van der Waals surface area contributed by atoms with E-state index in [1.807, 2.05) is 6.07 Å². The van der Waals surface area contributed by atoms with Gasteiger partial charge in [0.1, 0.15) is 11.4 Å². The molecule has 0 atom stereocenters. The van der Waals surface area contributed by atoms with Crippen molar-refractivity contribution in [2.24, 2.45) is 0 Å². The minimum atomic E-state index is -0.532. The van der Waals surface area contributed by atoms with Crippen LogP contribution in [0.5, 0.6) is 5.75 Å². The van der Waals surface area contributed by atoms with Crippen LogP contribution in [0.4, 0.5) is 0 Å². The van der Waals surface area contributed by atoms with E-state index in [0.29, 0.717) is 22.3 Å². The van der Waals surface area contributed by atoms with Gasteiger partial charge in [0.25, 0.3) is 0 Å². The first kappa shape index (κ1) is 14.7. The van der Waals surface area contributed by atoms with Crippen LogP contribution in [0, 0.1) is 0 Å². The zero-order valence-electron chi connectivity index (χ0n) is 11.5. The Hall–Kier alpha value is -1.69. The summed E-state index contributed by atoms with van der Waals surface area (Å²) >= 11 is 5.95. The molecule has 0 fully saturated rings. The predicted octanol–water partition coefficient (Wildman–Crippen LogP) is 3.10. The molecule has 6 heteroatoms. The minimum absolute atomic E-state index is 0.523. The van der Waals surface area contributed by atoms with E-state index in [-0.39, 0.29) is 0 Å². The highest BCUT2D eigenvalue weighted by Crippen LogP contribution is 2.30. The Bertz CT molecular complexity index is 588. The van der Waals surface area contributed by atoms with Crippen LogP contribution < -0.4 is 4.74 Å². The monoisotopic (exact) mass is 294 g/mol. The molecule has 2 aromatic rings. The number of halogens is 1. The van der Waals surface area contributed by atoms with Gasteiger partial charge in [0, 0.05) is 25.4 Å². The fourth-order valence-corrected chi connectivity index (χ4v) is 1.98. The third-order valence-corrected chi connectivity index (χ3v) is 2.99. The van der Waals surface area contributed by atoms with Crippen LogP contribution in [-0.2, 0) is 9.47 Å². The number of methoxy groups -OCH3 is 3. The number of nitrogens with zero attached hydrogens (tertiary/aromatic N) is 2. The summed E-state index contributed by atoms with van der Waals surface area (Å²) in [6, 6.07) is 7.04. The summed E-state index contributed by atoms with van der Waals surface area (Å²) in [7, 11) is 4.68. The van der Waals surface area contributed by atoms with Gasteiger partial charge in [0.05, 0.1) is 12.7 Å². The fourth-order valence-electron chi connectivity index (χ4n) is 1.82. The van der Waals surface area contributed by atoms with Crippen molar-refractivity contribution in [2.45, 2.75) is 6.29 Å². The van der Waals surface area contributed by atoms with E-state index in [1.54, 1.807) is 45.7 Å². The normalized spacial score (nSPS) is 10.8. The molecule has 1 aromatic carbocycles. The summed E-state index contributed by atoms with van der Waals surface area (Å²) in [5, 5.41) is 0.591. The van der Waals surface area contributed by atoms with E-state index < -0.39 is 6.29 Å². The van der Waals surface area contributed by atoms with E-state index in [4.69, 9.17) is 25.8 Å². The molecule has 5 nitrogen and oxygen atoms in total. The summed E-state index contributed by atoms with van der Waals surface area (Å²) in [4.78, 5) is 8.69.